The first-order valence-electron chi connectivity index (χ1n) is 11.2. The van der Waals surface area contributed by atoms with Gasteiger partial charge in [0, 0.05) is 10.1 Å². The van der Waals surface area contributed by atoms with Crippen molar-refractivity contribution in [3.05, 3.63) is 83.9 Å². The average Bonchev–Trinajstić information content (AvgIpc) is 3.24. The summed E-state index contributed by atoms with van der Waals surface area (Å²) in [5.74, 6) is 0.781. The maximum absolute atomic E-state index is 13.5. The van der Waals surface area contributed by atoms with Crippen LogP contribution in [0.15, 0.2) is 77.7 Å². The van der Waals surface area contributed by atoms with Crippen LogP contribution in [0, 0.1) is 0 Å². The van der Waals surface area contributed by atoms with Gasteiger partial charge >= 0.3 is 0 Å². The Bertz CT molecular complexity index is 1200. The van der Waals surface area contributed by atoms with Gasteiger partial charge in [-0.2, -0.15) is 0 Å². The van der Waals surface area contributed by atoms with Gasteiger partial charge in [0.1, 0.15) is 11.3 Å². The SMILES string of the molecule is CCOc1cccc2sc(N(Cc3ccccc3)C(=O)Cc3ccc(SC(C)C)cc3)nc12. The normalized spacial score (nSPS) is 11.2. The van der Waals surface area contributed by atoms with Gasteiger partial charge in [0.15, 0.2) is 5.13 Å². The van der Waals surface area contributed by atoms with Crippen molar-refractivity contribution in [2.75, 3.05) is 11.5 Å². The Labute approximate surface area is 203 Å². The summed E-state index contributed by atoms with van der Waals surface area (Å²) in [6.45, 7) is 7.37. The second kappa shape index (κ2) is 10.9. The first-order valence-corrected chi connectivity index (χ1v) is 12.9. The van der Waals surface area contributed by atoms with Gasteiger partial charge < -0.3 is 4.74 Å². The monoisotopic (exact) mass is 476 g/mol. The highest BCUT2D eigenvalue weighted by atomic mass is 32.2. The molecule has 0 saturated carbocycles. The molecule has 6 heteroatoms. The number of rotatable bonds is 9. The van der Waals surface area contributed by atoms with Gasteiger partial charge in [0.2, 0.25) is 5.91 Å². The number of aromatic nitrogens is 1. The molecule has 0 fully saturated rings. The Hall–Kier alpha value is -2.83. The summed E-state index contributed by atoms with van der Waals surface area (Å²) in [5, 5.41) is 1.22. The average molecular weight is 477 g/mol. The van der Waals surface area contributed by atoms with Gasteiger partial charge in [-0.3, -0.25) is 9.69 Å². The van der Waals surface area contributed by atoms with Gasteiger partial charge in [0.25, 0.3) is 0 Å². The summed E-state index contributed by atoms with van der Waals surface area (Å²) in [4.78, 5) is 21.4. The molecule has 3 aromatic carbocycles. The zero-order valence-corrected chi connectivity index (χ0v) is 20.8. The quantitative estimate of drug-likeness (QED) is 0.245. The molecule has 4 aromatic rings. The summed E-state index contributed by atoms with van der Waals surface area (Å²) in [5.41, 5.74) is 2.88. The lowest BCUT2D eigenvalue weighted by Gasteiger charge is -2.20. The molecular formula is C27H28N2O2S2. The summed E-state index contributed by atoms with van der Waals surface area (Å²) >= 11 is 3.35. The standard InChI is InChI=1S/C27H28N2O2S2/c1-4-31-23-11-8-12-24-26(23)28-27(33-24)29(18-21-9-6-5-7-10-21)25(30)17-20-13-15-22(16-14-20)32-19(2)3/h5-16,19H,4,17-18H2,1-3H3. The molecule has 0 bridgehead atoms. The van der Waals surface area contributed by atoms with Crippen molar-refractivity contribution in [2.45, 2.75) is 43.9 Å². The van der Waals surface area contributed by atoms with Crippen molar-refractivity contribution < 1.29 is 9.53 Å². The molecule has 1 aromatic heterocycles. The Kier molecular flexibility index (Phi) is 7.68. The number of hydrogen-bond donors (Lipinski definition) is 0. The Morgan fingerprint density at radius 2 is 1.76 bits per heavy atom. The zero-order valence-electron chi connectivity index (χ0n) is 19.2. The van der Waals surface area contributed by atoms with Crippen molar-refractivity contribution in [3.8, 4) is 5.75 Å². The highest BCUT2D eigenvalue weighted by Gasteiger charge is 2.21. The van der Waals surface area contributed by atoms with Crippen LogP contribution in [-0.4, -0.2) is 22.7 Å². The van der Waals surface area contributed by atoms with E-state index in [0.717, 1.165) is 27.1 Å². The Balaban J connectivity index is 1.63. The molecule has 0 aliphatic carbocycles. The smallest absolute Gasteiger partial charge is 0.233 e. The predicted molar refractivity (Wildman–Crippen MR) is 140 cm³/mol. The van der Waals surface area contributed by atoms with Crippen LogP contribution in [-0.2, 0) is 17.8 Å². The topological polar surface area (TPSA) is 42.4 Å². The molecule has 0 saturated heterocycles. The molecule has 1 amide bonds. The molecule has 0 unspecified atom stereocenters. The fraction of sp³-hybridized carbons (Fsp3) is 0.259. The third kappa shape index (κ3) is 5.95. The van der Waals surface area contributed by atoms with Crippen LogP contribution in [0.4, 0.5) is 5.13 Å². The minimum Gasteiger partial charge on any atom is -0.492 e. The number of nitrogens with zero attached hydrogens (tertiary/aromatic N) is 2. The summed E-state index contributed by atoms with van der Waals surface area (Å²) in [6, 6.07) is 24.3. The van der Waals surface area contributed by atoms with E-state index in [0.29, 0.717) is 30.0 Å². The molecule has 33 heavy (non-hydrogen) atoms. The molecular weight excluding hydrogens is 448 g/mol. The van der Waals surface area contributed by atoms with Gasteiger partial charge in [0.05, 0.1) is 24.3 Å². The van der Waals surface area contributed by atoms with E-state index in [1.165, 1.54) is 16.2 Å². The first kappa shape index (κ1) is 23.3. The van der Waals surface area contributed by atoms with E-state index in [2.05, 4.69) is 38.1 Å². The lowest BCUT2D eigenvalue weighted by molar-refractivity contribution is -0.118. The van der Waals surface area contributed by atoms with Crippen molar-refractivity contribution in [2.24, 2.45) is 0 Å². The largest absolute Gasteiger partial charge is 0.492 e. The second-order valence-corrected chi connectivity index (χ2v) is 10.6. The maximum Gasteiger partial charge on any atom is 0.233 e. The number of fused-ring (bicyclic) bond motifs is 1. The molecule has 0 N–H and O–H groups in total. The maximum atomic E-state index is 13.5. The van der Waals surface area contributed by atoms with Crippen LogP contribution in [0.5, 0.6) is 5.75 Å². The molecule has 0 radical (unpaired) electrons. The van der Waals surface area contributed by atoms with Crippen LogP contribution < -0.4 is 9.64 Å². The van der Waals surface area contributed by atoms with Gasteiger partial charge in [-0.1, -0.05) is 73.7 Å². The van der Waals surface area contributed by atoms with Crippen molar-refractivity contribution in [1.29, 1.82) is 0 Å². The fourth-order valence-corrected chi connectivity index (χ4v) is 5.39. The third-order valence-corrected chi connectivity index (χ3v) is 7.10. The highest BCUT2D eigenvalue weighted by molar-refractivity contribution is 7.99. The number of thioether (sulfide) groups is 1. The minimum absolute atomic E-state index is 0.0279. The van der Waals surface area contributed by atoms with E-state index < -0.39 is 0 Å². The zero-order chi connectivity index (χ0) is 23.2. The molecule has 1 heterocycles. The van der Waals surface area contributed by atoms with E-state index in [-0.39, 0.29) is 5.91 Å². The number of thiazole rings is 1. The predicted octanol–water partition coefficient (Wildman–Crippen LogP) is 6.97. The Morgan fingerprint density at radius 3 is 2.45 bits per heavy atom. The lowest BCUT2D eigenvalue weighted by atomic mass is 10.1. The van der Waals surface area contributed by atoms with Crippen molar-refractivity contribution >= 4 is 44.4 Å². The molecule has 0 aliphatic rings. The number of hydrogen-bond acceptors (Lipinski definition) is 5. The van der Waals surface area contributed by atoms with Crippen LogP contribution in [0.1, 0.15) is 31.9 Å². The van der Waals surface area contributed by atoms with E-state index in [1.807, 2.05) is 67.2 Å². The summed E-state index contributed by atoms with van der Waals surface area (Å²) in [6.07, 6.45) is 0.327. The van der Waals surface area contributed by atoms with E-state index >= 15 is 0 Å². The van der Waals surface area contributed by atoms with Crippen LogP contribution >= 0.6 is 23.1 Å². The number of anilines is 1. The van der Waals surface area contributed by atoms with Crippen LogP contribution in [0.3, 0.4) is 0 Å². The van der Waals surface area contributed by atoms with Crippen molar-refractivity contribution in [1.82, 2.24) is 4.98 Å². The molecule has 170 valence electrons. The van der Waals surface area contributed by atoms with Crippen LogP contribution in [0.25, 0.3) is 10.2 Å². The molecule has 0 spiro atoms. The highest BCUT2D eigenvalue weighted by Crippen LogP contribution is 2.35. The lowest BCUT2D eigenvalue weighted by Crippen LogP contribution is -2.31. The van der Waals surface area contributed by atoms with Crippen molar-refractivity contribution in [3.63, 3.8) is 0 Å². The van der Waals surface area contributed by atoms with Gasteiger partial charge in [-0.15, -0.1) is 11.8 Å². The summed E-state index contributed by atoms with van der Waals surface area (Å²) in [7, 11) is 0. The number of carbonyl (C=O) groups is 1. The third-order valence-electron chi connectivity index (χ3n) is 5.04. The first-order chi connectivity index (χ1) is 16.0. The number of para-hydroxylation sites is 1. The second-order valence-electron chi connectivity index (χ2n) is 7.99. The van der Waals surface area contributed by atoms with Gasteiger partial charge in [-0.05, 0) is 42.3 Å². The van der Waals surface area contributed by atoms with E-state index in [9.17, 15) is 4.79 Å². The number of amides is 1. The number of benzene rings is 3. The molecule has 4 nitrogen and oxygen atoms in total. The summed E-state index contributed by atoms with van der Waals surface area (Å²) < 4.78 is 6.77. The van der Waals surface area contributed by atoms with Gasteiger partial charge in [-0.25, -0.2) is 4.98 Å². The van der Waals surface area contributed by atoms with E-state index in [4.69, 9.17) is 9.72 Å². The Morgan fingerprint density at radius 1 is 1.00 bits per heavy atom. The fourth-order valence-electron chi connectivity index (χ4n) is 3.56. The number of carbonyl (C=O) groups excluding carboxylic acids is 1. The van der Waals surface area contributed by atoms with Crippen LogP contribution in [0.2, 0.25) is 0 Å². The molecule has 0 aliphatic heterocycles. The number of ether oxygens (including phenoxy) is 1. The van der Waals surface area contributed by atoms with E-state index in [1.54, 1.807) is 4.90 Å². The molecule has 0 atom stereocenters. The molecule has 4 rings (SSSR count). The minimum atomic E-state index is 0.0279.